The van der Waals surface area contributed by atoms with Gasteiger partial charge in [-0.05, 0) is 13.3 Å². The number of anilines is 2. The highest BCUT2D eigenvalue weighted by Crippen LogP contribution is 2.24. The molecule has 0 aliphatic rings. The molecule has 0 aliphatic carbocycles. The minimum Gasteiger partial charge on any atom is -0.394 e. The largest absolute Gasteiger partial charge is 0.394 e. The van der Waals surface area contributed by atoms with Crippen LogP contribution in [0.5, 0.6) is 0 Å². The van der Waals surface area contributed by atoms with E-state index in [9.17, 15) is 10.2 Å². The molecule has 0 aromatic carbocycles. The molecule has 0 radical (unpaired) electrons. The van der Waals surface area contributed by atoms with Gasteiger partial charge in [-0.15, -0.1) is 0 Å². The van der Waals surface area contributed by atoms with Gasteiger partial charge in [-0.25, -0.2) is 4.98 Å². The lowest BCUT2D eigenvalue weighted by Gasteiger charge is -2.30. The van der Waals surface area contributed by atoms with Gasteiger partial charge in [0.15, 0.2) is 5.82 Å². The van der Waals surface area contributed by atoms with Crippen LogP contribution in [-0.4, -0.2) is 45.5 Å². The van der Waals surface area contributed by atoms with E-state index in [1.54, 1.807) is 0 Å². The van der Waals surface area contributed by atoms with E-state index in [0.29, 0.717) is 29.8 Å². The van der Waals surface area contributed by atoms with Crippen LogP contribution in [0, 0.1) is 0 Å². The first kappa shape index (κ1) is 14.9. The molecule has 0 unspecified atom stereocenters. The summed E-state index contributed by atoms with van der Waals surface area (Å²) in [6.07, 6.45) is 2.01. The van der Waals surface area contributed by atoms with E-state index >= 15 is 0 Å². The smallest absolute Gasteiger partial charge is 0.224 e. The lowest BCUT2D eigenvalue weighted by Crippen LogP contribution is -2.45. The molecule has 0 aliphatic heterocycles. The molecule has 0 amide bonds. The molecule has 1 aromatic rings. The summed E-state index contributed by atoms with van der Waals surface area (Å²) in [7, 11) is 0. The van der Waals surface area contributed by atoms with Gasteiger partial charge in [-0.2, -0.15) is 4.98 Å². The number of aliphatic hydroxyl groups excluding tert-OH is 2. The molecule has 7 heteroatoms. The van der Waals surface area contributed by atoms with Crippen molar-refractivity contribution in [1.82, 2.24) is 9.97 Å². The SMILES string of the molecule is CCNc1ncc(Cl)c(NC(CC)(CO)CO)n1. The average Bonchev–Trinajstić information content (AvgIpc) is 2.40. The van der Waals surface area contributed by atoms with Gasteiger partial charge in [0.1, 0.15) is 5.02 Å². The maximum Gasteiger partial charge on any atom is 0.224 e. The average molecular weight is 275 g/mol. The summed E-state index contributed by atoms with van der Waals surface area (Å²) in [4.78, 5) is 8.22. The van der Waals surface area contributed by atoms with Crippen molar-refractivity contribution in [2.45, 2.75) is 25.8 Å². The number of hydrogen-bond donors (Lipinski definition) is 4. The van der Waals surface area contributed by atoms with E-state index in [4.69, 9.17) is 11.6 Å². The highest BCUT2D eigenvalue weighted by Gasteiger charge is 2.27. The second kappa shape index (κ2) is 6.72. The quantitative estimate of drug-likeness (QED) is 0.595. The first-order valence-corrected chi connectivity index (χ1v) is 6.25. The van der Waals surface area contributed by atoms with E-state index < -0.39 is 5.54 Å². The Labute approximate surface area is 111 Å². The Kier molecular flexibility index (Phi) is 5.58. The van der Waals surface area contributed by atoms with Crippen molar-refractivity contribution in [2.75, 3.05) is 30.4 Å². The van der Waals surface area contributed by atoms with Gasteiger partial charge in [0.25, 0.3) is 0 Å². The van der Waals surface area contributed by atoms with Gasteiger partial charge in [0.05, 0.1) is 24.9 Å². The van der Waals surface area contributed by atoms with Crippen LogP contribution >= 0.6 is 11.6 Å². The monoisotopic (exact) mass is 274 g/mol. The third-order valence-electron chi connectivity index (χ3n) is 2.74. The van der Waals surface area contributed by atoms with Crippen molar-refractivity contribution >= 4 is 23.4 Å². The van der Waals surface area contributed by atoms with E-state index in [2.05, 4.69) is 20.6 Å². The van der Waals surface area contributed by atoms with Crippen LogP contribution in [0.3, 0.4) is 0 Å². The lowest BCUT2D eigenvalue weighted by molar-refractivity contribution is 0.132. The summed E-state index contributed by atoms with van der Waals surface area (Å²) in [5.41, 5.74) is -0.832. The van der Waals surface area contributed by atoms with Crippen molar-refractivity contribution < 1.29 is 10.2 Å². The number of nitrogens with one attached hydrogen (secondary N) is 2. The number of hydrogen-bond acceptors (Lipinski definition) is 6. The summed E-state index contributed by atoms with van der Waals surface area (Å²) in [6, 6.07) is 0. The van der Waals surface area contributed by atoms with E-state index in [-0.39, 0.29) is 13.2 Å². The minimum absolute atomic E-state index is 0.211. The van der Waals surface area contributed by atoms with Gasteiger partial charge >= 0.3 is 0 Å². The van der Waals surface area contributed by atoms with Gasteiger partial charge in [0, 0.05) is 6.54 Å². The number of rotatable bonds is 7. The zero-order valence-corrected chi connectivity index (χ0v) is 11.3. The summed E-state index contributed by atoms with van der Waals surface area (Å²) in [5.74, 6) is 0.845. The molecule has 102 valence electrons. The van der Waals surface area contributed by atoms with E-state index in [1.807, 2.05) is 13.8 Å². The van der Waals surface area contributed by atoms with Crippen molar-refractivity contribution in [3.63, 3.8) is 0 Å². The lowest BCUT2D eigenvalue weighted by atomic mass is 9.98. The predicted octanol–water partition coefficient (Wildman–Crippen LogP) is 1.11. The van der Waals surface area contributed by atoms with Crippen LogP contribution in [0.25, 0.3) is 0 Å². The standard InChI is InChI=1S/C11H19ClN4O2/c1-3-11(6-17,7-18)16-9-8(12)5-14-10(15-9)13-4-2/h5,17-18H,3-4,6-7H2,1-2H3,(H2,13,14,15,16). The van der Waals surface area contributed by atoms with Crippen LogP contribution < -0.4 is 10.6 Å². The Bertz CT molecular complexity index is 377. The van der Waals surface area contributed by atoms with Crippen LogP contribution in [-0.2, 0) is 0 Å². The Hall–Kier alpha value is -1.11. The Balaban J connectivity index is 2.97. The minimum atomic E-state index is -0.832. The maximum absolute atomic E-state index is 9.38. The number of halogens is 1. The second-order valence-corrected chi connectivity index (χ2v) is 4.40. The van der Waals surface area contributed by atoms with Gasteiger partial charge < -0.3 is 20.8 Å². The van der Waals surface area contributed by atoms with Crippen LogP contribution in [0.15, 0.2) is 6.20 Å². The van der Waals surface area contributed by atoms with Gasteiger partial charge in [0.2, 0.25) is 5.95 Å². The normalized spacial score (nSPS) is 11.4. The highest BCUT2D eigenvalue weighted by atomic mass is 35.5. The third-order valence-corrected chi connectivity index (χ3v) is 3.02. The van der Waals surface area contributed by atoms with Crippen LogP contribution in [0.1, 0.15) is 20.3 Å². The number of aliphatic hydroxyl groups is 2. The topological polar surface area (TPSA) is 90.3 Å². The molecule has 6 nitrogen and oxygen atoms in total. The molecular weight excluding hydrogens is 256 g/mol. The molecule has 4 N–H and O–H groups in total. The molecule has 1 rings (SSSR count). The van der Waals surface area contributed by atoms with E-state index in [1.165, 1.54) is 6.20 Å². The zero-order valence-electron chi connectivity index (χ0n) is 10.6. The van der Waals surface area contributed by atoms with Crippen molar-refractivity contribution in [3.05, 3.63) is 11.2 Å². The fourth-order valence-corrected chi connectivity index (χ4v) is 1.53. The fraction of sp³-hybridized carbons (Fsp3) is 0.636. The molecule has 0 spiro atoms. The molecule has 0 fully saturated rings. The molecular formula is C11H19ClN4O2. The summed E-state index contributed by atoms with van der Waals surface area (Å²) in [6.45, 7) is 4.07. The molecule has 0 bridgehead atoms. The highest BCUT2D eigenvalue weighted by molar-refractivity contribution is 6.32. The summed E-state index contributed by atoms with van der Waals surface area (Å²) >= 11 is 5.99. The Morgan fingerprint density at radius 1 is 1.33 bits per heavy atom. The van der Waals surface area contributed by atoms with Crippen molar-refractivity contribution in [2.24, 2.45) is 0 Å². The summed E-state index contributed by atoms with van der Waals surface area (Å²) < 4.78 is 0. The van der Waals surface area contributed by atoms with Crippen LogP contribution in [0.4, 0.5) is 11.8 Å². The van der Waals surface area contributed by atoms with Gasteiger partial charge in [-0.1, -0.05) is 18.5 Å². The Morgan fingerprint density at radius 3 is 2.50 bits per heavy atom. The molecule has 1 aromatic heterocycles. The molecule has 0 saturated heterocycles. The van der Waals surface area contributed by atoms with Gasteiger partial charge in [-0.3, -0.25) is 0 Å². The summed E-state index contributed by atoms with van der Waals surface area (Å²) in [5, 5.41) is 25.1. The maximum atomic E-state index is 9.38. The fourth-order valence-electron chi connectivity index (χ4n) is 1.39. The molecule has 0 atom stereocenters. The number of nitrogens with zero attached hydrogens (tertiary/aromatic N) is 2. The second-order valence-electron chi connectivity index (χ2n) is 4.00. The zero-order chi connectivity index (χ0) is 13.6. The molecule has 0 saturated carbocycles. The number of aromatic nitrogens is 2. The molecule has 18 heavy (non-hydrogen) atoms. The first-order chi connectivity index (χ1) is 8.60. The van der Waals surface area contributed by atoms with E-state index in [0.717, 1.165) is 0 Å². The van der Waals surface area contributed by atoms with Crippen LogP contribution in [0.2, 0.25) is 5.02 Å². The Morgan fingerprint density at radius 2 is 2.00 bits per heavy atom. The van der Waals surface area contributed by atoms with Crippen molar-refractivity contribution in [3.8, 4) is 0 Å². The molecule has 1 heterocycles. The predicted molar refractivity (Wildman–Crippen MR) is 72.0 cm³/mol. The third kappa shape index (κ3) is 3.44. The van der Waals surface area contributed by atoms with Crippen molar-refractivity contribution in [1.29, 1.82) is 0 Å². The first-order valence-electron chi connectivity index (χ1n) is 5.87.